The molecule has 0 aromatic heterocycles. The van der Waals surface area contributed by atoms with Crippen LogP contribution in [0.1, 0.15) is 0 Å². The Bertz CT molecular complexity index is 115. The number of hydrogen-bond acceptors (Lipinski definition) is 3. The van der Waals surface area contributed by atoms with Crippen molar-refractivity contribution in [2.45, 2.75) is 0 Å². The van der Waals surface area contributed by atoms with Gasteiger partial charge in [-0.2, -0.15) is 8.42 Å². The average molecular weight is 171 g/mol. The molecule has 0 aliphatic heterocycles. The van der Waals surface area contributed by atoms with Gasteiger partial charge in [-0.25, -0.2) is 0 Å². The van der Waals surface area contributed by atoms with Gasteiger partial charge < -0.3 is 16.1 Å². The van der Waals surface area contributed by atoms with Gasteiger partial charge in [-0.15, -0.1) is 0 Å². The van der Waals surface area contributed by atoms with Crippen LogP contribution in [0, 0.1) is 0 Å². The molecule has 0 amide bonds. The van der Waals surface area contributed by atoms with E-state index < -0.39 is 16.1 Å². The zero-order valence-electron chi connectivity index (χ0n) is 4.83. The molecular formula is CH8NaO6S. The van der Waals surface area contributed by atoms with E-state index in [1.807, 2.05) is 0 Å². The molecule has 0 aromatic carbocycles. The van der Waals surface area contributed by atoms with E-state index in [1.165, 1.54) is 0 Å². The minimum atomic E-state index is -4.11. The maximum atomic E-state index is 9.31. The van der Waals surface area contributed by atoms with Crippen LogP contribution in [-0.4, -0.2) is 64.5 Å². The van der Waals surface area contributed by atoms with Gasteiger partial charge in [0.25, 0.3) is 10.1 Å². The predicted molar refractivity (Wildman–Crippen MR) is 31.6 cm³/mol. The fourth-order valence-electron chi connectivity index (χ4n) is 0. The van der Waals surface area contributed by atoms with Gasteiger partial charge >= 0.3 is 0 Å². The molecule has 1 radical (unpaired) electrons. The van der Waals surface area contributed by atoms with Crippen LogP contribution >= 0.6 is 0 Å². The Kier molecular flexibility index (Phi) is 22.0. The van der Waals surface area contributed by atoms with E-state index in [2.05, 4.69) is 0 Å². The summed E-state index contributed by atoms with van der Waals surface area (Å²) in [6.07, 6.45) is 0. The summed E-state index contributed by atoms with van der Waals surface area (Å²) in [4.78, 5) is 0. The number of aliphatic hydroxyl groups excluding tert-OH is 1. The summed E-state index contributed by atoms with van der Waals surface area (Å²) in [5, 5.41) is 7.56. The quantitative estimate of drug-likeness (QED) is 0.316. The van der Waals surface area contributed by atoms with Gasteiger partial charge in [-0.3, -0.25) is 4.55 Å². The molecule has 9 heavy (non-hydrogen) atoms. The van der Waals surface area contributed by atoms with Crippen LogP contribution in [0.25, 0.3) is 0 Å². The summed E-state index contributed by atoms with van der Waals surface area (Å²) in [6.45, 7) is 0. The van der Waals surface area contributed by atoms with E-state index in [0.29, 0.717) is 0 Å². The van der Waals surface area contributed by atoms with E-state index in [-0.39, 0.29) is 40.5 Å². The van der Waals surface area contributed by atoms with Crippen LogP contribution in [0.2, 0.25) is 0 Å². The van der Waals surface area contributed by atoms with Crippen molar-refractivity contribution in [3.05, 3.63) is 0 Å². The van der Waals surface area contributed by atoms with Crippen LogP contribution in [0.5, 0.6) is 0 Å². The monoisotopic (exact) mass is 171 g/mol. The first-order valence-corrected chi connectivity index (χ1v) is 2.73. The van der Waals surface area contributed by atoms with Crippen LogP contribution in [0.3, 0.4) is 0 Å². The fraction of sp³-hybridized carbons (Fsp3) is 1.00. The second-order valence-corrected chi connectivity index (χ2v) is 2.13. The van der Waals surface area contributed by atoms with E-state index >= 15 is 0 Å². The molecule has 0 saturated heterocycles. The summed E-state index contributed by atoms with van der Waals surface area (Å²) in [6, 6.07) is 0. The molecule has 0 rings (SSSR count). The van der Waals surface area contributed by atoms with Crippen LogP contribution < -0.4 is 0 Å². The van der Waals surface area contributed by atoms with Crippen molar-refractivity contribution in [3.63, 3.8) is 0 Å². The zero-order valence-corrected chi connectivity index (χ0v) is 7.64. The molecule has 0 fully saturated rings. The second kappa shape index (κ2) is 8.79. The molecule has 0 aromatic rings. The first-order chi connectivity index (χ1) is 2.56. The van der Waals surface area contributed by atoms with Crippen LogP contribution in [0.15, 0.2) is 0 Å². The van der Waals surface area contributed by atoms with Gasteiger partial charge in [-0.1, -0.05) is 0 Å². The van der Waals surface area contributed by atoms with Gasteiger partial charge in [0.2, 0.25) is 0 Å². The summed E-state index contributed by atoms with van der Waals surface area (Å²) >= 11 is 0. The Morgan fingerprint density at radius 3 is 1.33 bits per heavy atom. The molecule has 55 valence electrons. The van der Waals surface area contributed by atoms with Crippen LogP contribution in [-0.2, 0) is 10.1 Å². The number of hydrogen-bond donors (Lipinski definition) is 2. The third-order valence-electron chi connectivity index (χ3n) is 0.163. The van der Waals surface area contributed by atoms with E-state index in [0.717, 1.165) is 0 Å². The third-order valence-corrected chi connectivity index (χ3v) is 0.489. The smallest absolute Gasteiger partial charge is 0.289 e. The van der Waals surface area contributed by atoms with Gasteiger partial charge in [-0.05, 0) is 0 Å². The molecule has 8 heteroatoms. The molecule has 0 atom stereocenters. The van der Waals surface area contributed by atoms with E-state index in [9.17, 15) is 8.42 Å². The van der Waals surface area contributed by atoms with Gasteiger partial charge in [0.15, 0.2) is 5.94 Å². The molecule has 0 aliphatic carbocycles. The standard InChI is InChI=1S/CH4O4S.Na.2H2O/c2-1-6(3,4)5;;;/h2H,1H2,(H,3,4,5);;2*1H2. The summed E-state index contributed by atoms with van der Waals surface area (Å²) in [5.74, 6) is -1.20. The Labute approximate surface area is 74.5 Å². The maximum absolute atomic E-state index is 9.31. The first kappa shape index (κ1) is 22.6. The van der Waals surface area contributed by atoms with Crippen LogP contribution in [0.4, 0.5) is 0 Å². The molecule has 0 bridgehead atoms. The molecule has 6 N–H and O–H groups in total. The number of aliphatic hydroxyl groups is 1. The Morgan fingerprint density at radius 2 is 1.33 bits per heavy atom. The minimum absolute atomic E-state index is 0. The second-order valence-electron chi connectivity index (χ2n) is 0.711. The van der Waals surface area contributed by atoms with Crippen molar-refractivity contribution < 1.29 is 29.0 Å². The minimum Gasteiger partial charge on any atom is -0.412 e. The first-order valence-electron chi connectivity index (χ1n) is 1.12. The molecule has 0 aliphatic rings. The average Bonchev–Trinajstić information content (AvgIpc) is 1.35. The molecule has 0 unspecified atom stereocenters. The van der Waals surface area contributed by atoms with Crippen molar-refractivity contribution in [2.24, 2.45) is 0 Å². The Morgan fingerprint density at radius 1 is 1.22 bits per heavy atom. The fourth-order valence-corrected chi connectivity index (χ4v) is 0. The molecule has 0 saturated carbocycles. The van der Waals surface area contributed by atoms with Gasteiger partial charge in [0.1, 0.15) is 0 Å². The Balaban J connectivity index is -0.0000000417. The maximum Gasteiger partial charge on any atom is 0.289 e. The molecular weight excluding hydrogens is 163 g/mol. The summed E-state index contributed by atoms with van der Waals surface area (Å²) in [7, 11) is -4.11. The molecule has 0 heterocycles. The van der Waals surface area contributed by atoms with Crippen molar-refractivity contribution >= 4 is 39.7 Å². The van der Waals surface area contributed by atoms with E-state index in [1.54, 1.807) is 0 Å². The number of rotatable bonds is 1. The normalized spacial score (nSPS) is 7.78. The predicted octanol–water partition coefficient (Wildman–Crippen LogP) is -3.21. The topological polar surface area (TPSA) is 138 Å². The SMILES string of the molecule is O.O.O=S(=O)(O)CO.[Na]. The molecule has 6 nitrogen and oxygen atoms in total. The van der Waals surface area contributed by atoms with Crippen molar-refractivity contribution in [1.29, 1.82) is 0 Å². The molecule has 0 spiro atoms. The van der Waals surface area contributed by atoms with Crippen molar-refractivity contribution in [2.75, 3.05) is 5.94 Å². The largest absolute Gasteiger partial charge is 0.412 e. The van der Waals surface area contributed by atoms with Gasteiger partial charge in [0.05, 0.1) is 0 Å². The zero-order chi connectivity index (χ0) is 5.21. The summed E-state index contributed by atoms with van der Waals surface area (Å²) < 4.78 is 26.2. The third kappa shape index (κ3) is 28.2. The van der Waals surface area contributed by atoms with Gasteiger partial charge in [0, 0.05) is 29.6 Å². The van der Waals surface area contributed by atoms with Crippen molar-refractivity contribution in [1.82, 2.24) is 0 Å². The van der Waals surface area contributed by atoms with E-state index in [4.69, 9.17) is 9.66 Å². The summed E-state index contributed by atoms with van der Waals surface area (Å²) in [5.41, 5.74) is 0. The van der Waals surface area contributed by atoms with Crippen molar-refractivity contribution in [3.8, 4) is 0 Å². The Hall–Kier alpha value is 0.790.